The molecular weight excluding hydrogens is 336 g/mol. The van der Waals surface area contributed by atoms with Crippen LogP contribution in [-0.4, -0.2) is 71.1 Å². The van der Waals surface area contributed by atoms with Crippen LogP contribution in [0.2, 0.25) is 0 Å². The van der Waals surface area contributed by atoms with Gasteiger partial charge < -0.3 is 21.1 Å². The van der Waals surface area contributed by atoms with Gasteiger partial charge in [0.2, 0.25) is 5.91 Å². The molecule has 3 atom stereocenters. The molecule has 2 heterocycles. The number of piperidine rings is 1. The number of primary amides is 1. The predicted molar refractivity (Wildman–Crippen MR) is 97.5 cm³/mol. The van der Waals surface area contributed by atoms with Crippen LogP contribution in [0.4, 0.5) is 4.79 Å². The third-order valence-electron chi connectivity index (χ3n) is 5.51. The highest BCUT2D eigenvalue weighted by Gasteiger charge is 2.35. The summed E-state index contributed by atoms with van der Waals surface area (Å²) in [6.07, 6.45) is 3.35. The van der Waals surface area contributed by atoms with Crippen molar-refractivity contribution in [1.82, 2.24) is 15.1 Å². The molecule has 2 aliphatic rings. The second-order valence-electron chi connectivity index (χ2n) is 7.84. The van der Waals surface area contributed by atoms with Gasteiger partial charge in [-0.3, -0.25) is 14.5 Å². The number of aliphatic carboxylic acids is 1. The molecular formula is C18H32N4O4. The van der Waals surface area contributed by atoms with Crippen molar-refractivity contribution >= 4 is 17.9 Å². The topological polar surface area (TPSA) is 116 Å². The number of rotatable bonds is 7. The molecule has 0 aromatic rings. The molecule has 0 aromatic carbocycles. The average Bonchev–Trinajstić information content (AvgIpc) is 3.01. The van der Waals surface area contributed by atoms with Gasteiger partial charge in [-0.25, -0.2) is 4.79 Å². The first-order valence-corrected chi connectivity index (χ1v) is 9.58. The van der Waals surface area contributed by atoms with E-state index in [0.717, 1.165) is 25.8 Å². The van der Waals surface area contributed by atoms with Crippen molar-refractivity contribution < 1.29 is 19.5 Å². The minimum atomic E-state index is -0.795. The second kappa shape index (κ2) is 9.21. The number of nitrogens with one attached hydrogen (secondary N) is 1. The lowest BCUT2D eigenvalue weighted by molar-refractivity contribution is -0.139. The maximum atomic E-state index is 12.3. The minimum Gasteiger partial charge on any atom is -0.481 e. The summed E-state index contributed by atoms with van der Waals surface area (Å²) >= 11 is 0. The molecule has 8 nitrogen and oxygen atoms in total. The van der Waals surface area contributed by atoms with Gasteiger partial charge in [-0.1, -0.05) is 0 Å². The number of carbonyl (C=O) groups excluding carboxylic acids is 2. The smallest absolute Gasteiger partial charge is 0.317 e. The Kier molecular flexibility index (Phi) is 7.25. The molecule has 0 bridgehead atoms. The SMILES string of the molecule is CC(C)NC(=O)N1CCC(CC(=O)O)C(CCN2CCCC2C(N)=O)C1. The molecule has 2 aliphatic heterocycles. The summed E-state index contributed by atoms with van der Waals surface area (Å²) in [5.74, 6) is -0.903. The number of hydrogen-bond acceptors (Lipinski definition) is 4. The van der Waals surface area contributed by atoms with Crippen LogP contribution in [0, 0.1) is 11.8 Å². The van der Waals surface area contributed by atoms with Gasteiger partial charge in [0.05, 0.1) is 6.04 Å². The first kappa shape index (κ1) is 20.5. The quantitative estimate of drug-likeness (QED) is 0.616. The third-order valence-corrected chi connectivity index (χ3v) is 5.51. The van der Waals surface area contributed by atoms with Crippen molar-refractivity contribution in [3.63, 3.8) is 0 Å². The van der Waals surface area contributed by atoms with E-state index in [1.165, 1.54) is 0 Å². The van der Waals surface area contributed by atoms with E-state index in [-0.39, 0.29) is 42.3 Å². The van der Waals surface area contributed by atoms with Crippen LogP contribution in [-0.2, 0) is 9.59 Å². The summed E-state index contributed by atoms with van der Waals surface area (Å²) in [5, 5.41) is 12.1. The Bertz CT molecular complexity index is 525. The Hall–Kier alpha value is -1.83. The summed E-state index contributed by atoms with van der Waals surface area (Å²) in [7, 11) is 0. The fraction of sp³-hybridized carbons (Fsp3) is 0.833. The first-order chi connectivity index (χ1) is 12.3. The fourth-order valence-corrected chi connectivity index (χ4v) is 4.17. The third kappa shape index (κ3) is 5.59. The molecule has 2 fully saturated rings. The van der Waals surface area contributed by atoms with Crippen molar-refractivity contribution in [1.29, 1.82) is 0 Å². The molecule has 0 aliphatic carbocycles. The second-order valence-corrected chi connectivity index (χ2v) is 7.84. The van der Waals surface area contributed by atoms with E-state index < -0.39 is 5.97 Å². The van der Waals surface area contributed by atoms with Crippen molar-refractivity contribution in [2.75, 3.05) is 26.2 Å². The largest absolute Gasteiger partial charge is 0.481 e. The fourth-order valence-electron chi connectivity index (χ4n) is 4.17. The lowest BCUT2D eigenvalue weighted by Crippen LogP contribution is -2.50. The lowest BCUT2D eigenvalue weighted by Gasteiger charge is -2.39. The van der Waals surface area contributed by atoms with Crippen molar-refractivity contribution in [2.45, 2.75) is 58.0 Å². The van der Waals surface area contributed by atoms with Gasteiger partial charge in [-0.05, 0) is 64.5 Å². The molecule has 148 valence electrons. The molecule has 2 saturated heterocycles. The van der Waals surface area contributed by atoms with Crippen LogP contribution in [0.25, 0.3) is 0 Å². The number of nitrogens with two attached hydrogens (primary N) is 1. The number of hydrogen-bond donors (Lipinski definition) is 3. The molecule has 0 spiro atoms. The van der Waals surface area contributed by atoms with Crippen LogP contribution in [0.5, 0.6) is 0 Å². The van der Waals surface area contributed by atoms with Gasteiger partial charge in [-0.2, -0.15) is 0 Å². The normalized spacial score (nSPS) is 26.9. The Balaban J connectivity index is 1.97. The molecule has 26 heavy (non-hydrogen) atoms. The van der Waals surface area contributed by atoms with Gasteiger partial charge in [0.1, 0.15) is 0 Å². The van der Waals surface area contributed by atoms with E-state index >= 15 is 0 Å². The van der Waals surface area contributed by atoms with Gasteiger partial charge in [0.25, 0.3) is 0 Å². The number of urea groups is 1. The maximum absolute atomic E-state index is 12.3. The Morgan fingerprint density at radius 1 is 1.19 bits per heavy atom. The Morgan fingerprint density at radius 2 is 1.92 bits per heavy atom. The zero-order valence-corrected chi connectivity index (χ0v) is 15.8. The number of nitrogens with zero attached hydrogens (tertiary/aromatic N) is 2. The summed E-state index contributed by atoms with van der Waals surface area (Å²) in [6.45, 7) is 6.55. The van der Waals surface area contributed by atoms with E-state index in [2.05, 4.69) is 10.2 Å². The number of carboxylic acid groups (broad SMARTS) is 1. The minimum absolute atomic E-state index is 0.0604. The highest BCUT2D eigenvalue weighted by atomic mass is 16.4. The molecule has 8 heteroatoms. The molecule has 0 saturated carbocycles. The van der Waals surface area contributed by atoms with Crippen LogP contribution in [0.15, 0.2) is 0 Å². The van der Waals surface area contributed by atoms with Gasteiger partial charge >= 0.3 is 12.0 Å². The van der Waals surface area contributed by atoms with Crippen LogP contribution in [0.3, 0.4) is 0 Å². The maximum Gasteiger partial charge on any atom is 0.317 e. The van der Waals surface area contributed by atoms with Crippen molar-refractivity contribution in [2.24, 2.45) is 17.6 Å². The zero-order valence-electron chi connectivity index (χ0n) is 15.8. The summed E-state index contributed by atoms with van der Waals surface area (Å²) < 4.78 is 0. The number of amides is 3. The van der Waals surface area contributed by atoms with Crippen LogP contribution in [0.1, 0.15) is 46.0 Å². The van der Waals surface area contributed by atoms with Crippen molar-refractivity contribution in [3.8, 4) is 0 Å². The molecule has 4 N–H and O–H groups in total. The van der Waals surface area contributed by atoms with Crippen LogP contribution < -0.4 is 11.1 Å². The van der Waals surface area contributed by atoms with E-state index in [9.17, 15) is 19.5 Å². The monoisotopic (exact) mass is 368 g/mol. The molecule has 3 amide bonds. The summed E-state index contributed by atoms with van der Waals surface area (Å²) in [4.78, 5) is 39.0. The van der Waals surface area contributed by atoms with E-state index in [0.29, 0.717) is 26.1 Å². The Morgan fingerprint density at radius 3 is 2.54 bits per heavy atom. The van der Waals surface area contributed by atoms with Gasteiger partial charge in [0.15, 0.2) is 0 Å². The van der Waals surface area contributed by atoms with E-state index in [4.69, 9.17) is 5.73 Å². The zero-order chi connectivity index (χ0) is 19.3. The standard InChI is InChI=1S/C18H32N4O4/c1-12(2)20-18(26)22-9-5-13(10-16(23)24)14(11-22)6-8-21-7-3-4-15(21)17(19)25/h12-15H,3-11H2,1-2H3,(H2,19,25)(H,20,26)(H,23,24). The van der Waals surface area contributed by atoms with Crippen LogP contribution >= 0.6 is 0 Å². The highest BCUT2D eigenvalue weighted by Crippen LogP contribution is 2.30. The molecule has 3 unspecified atom stereocenters. The highest BCUT2D eigenvalue weighted by molar-refractivity contribution is 5.80. The van der Waals surface area contributed by atoms with Gasteiger partial charge in [-0.15, -0.1) is 0 Å². The predicted octanol–water partition coefficient (Wildman–Crippen LogP) is 0.857. The lowest BCUT2D eigenvalue weighted by atomic mass is 9.81. The van der Waals surface area contributed by atoms with E-state index in [1.807, 2.05) is 13.8 Å². The number of carboxylic acids is 1. The summed E-state index contributed by atoms with van der Waals surface area (Å²) in [5.41, 5.74) is 5.48. The molecule has 0 aromatic heterocycles. The number of likely N-dealkylation sites (tertiary alicyclic amines) is 2. The van der Waals surface area contributed by atoms with Gasteiger partial charge in [0, 0.05) is 25.6 Å². The molecule has 0 radical (unpaired) electrons. The van der Waals surface area contributed by atoms with E-state index in [1.54, 1.807) is 4.90 Å². The summed E-state index contributed by atoms with van der Waals surface area (Å²) in [6, 6.07) is -0.231. The molecule has 2 rings (SSSR count). The average molecular weight is 368 g/mol. The number of carbonyl (C=O) groups is 3. The first-order valence-electron chi connectivity index (χ1n) is 9.58. The Labute approximate surface area is 155 Å². The van der Waals surface area contributed by atoms with Crippen molar-refractivity contribution in [3.05, 3.63) is 0 Å².